The first-order valence-corrected chi connectivity index (χ1v) is 9.31. The van der Waals surface area contributed by atoms with Gasteiger partial charge in [-0.05, 0) is 18.1 Å². The van der Waals surface area contributed by atoms with Crippen molar-refractivity contribution in [1.82, 2.24) is 0 Å². The summed E-state index contributed by atoms with van der Waals surface area (Å²) in [6.07, 6.45) is -2.02. The lowest BCUT2D eigenvalue weighted by Gasteiger charge is -2.12. The maximum Gasteiger partial charge on any atom is 0.180 e. The van der Waals surface area contributed by atoms with Crippen molar-refractivity contribution >= 4 is 27.6 Å². The molecule has 0 aromatic carbocycles. The molecule has 1 aliphatic rings. The van der Waals surface area contributed by atoms with Crippen molar-refractivity contribution in [3.05, 3.63) is 24.8 Å². The Morgan fingerprint density at radius 2 is 1.93 bits per heavy atom. The van der Waals surface area contributed by atoms with Crippen LogP contribution in [0.4, 0.5) is 0 Å². The Kier molecular flexibility index (Phi) is 3.67. The molecule has 80 valence electrons. The predicted octanol–water partition coefficient (Wildman–Crippen LogP) is 2.47. The molecule has 1 unspecified atom stereocenters. The normalized spacial score (nSPS) is 25.9. The molecule has 3 nitrogen and oxygen atoms in total. The summed E-state index contributed by atoms with van der Waals surface area (Å²) in [5, 5.41) is -0.0677. The van der Waals surface area contributed by atoms with Crippen LogP contribution in [-0.2, 0) is 14.4 Å². The highest BCUT2D eigenvalue weighted by atomic mass is 32.7. The van der Waals surface area contributed by atoms with Gasteiger partial charge in [-0.15, -0.1) is 0 Å². The Balaban J connectivity index is 2.68. The van der Waals surface area contributed by atoms with Crippen LogP contribution in [0.15, 0.2) is 24.8 Å². The fraction of sp³-hybridized carbons (Fsp3) is 0.500. The first-order valence-electron chi connectivity index (χ1n) is 4.16. The zero-order chi connectivity index (χ0) is 10.8. The molecule has 0 bridgehead atoms. The first-order chi connectivity index (χ1) is 6.41. The number of hydrogen-bond donors (Lipinski definition) is 0. The van der Waals surface area contributed by atoms with Gasteiger partial charge in [-0.2, -0.15) is 0 Å². The van der Waals surface area contributed by atoms with Gasteiger partial charge in [0.15, 0.2) is 16.2 Å². The minimum Gasteiger partial charge on any atom is -0.303 e. The van der Waals surface area contributed by atoms with E-state index in [1.165, 1.54) is 23.0 Å². The third-order valence-corrected chi connectivity index (χ3v) is 8.82. The van der Waals surface area contributed by atoms with Crippen LogP contribution in [0.25, 0.3) is 0 Å². The molecule has 0 amide bonds. The summed E-state index contributed by atoms with van der Waals surface area (Å²) in [6, 6.07) is 0. The summed E-state index contributed by atoms with van der Waals surface area (Å²) in [5.41, 5.74) is 0. The Morgan fingerprint density at radius 1 is 1.36 bits per heavy atom. The molecule has 1 saturated heterocycles. The molecule has 0 aromatic rings. The third kappa shape index (κ3) is 3.01. The van der Waals surface area contributed by atoms with Crippen LogP contribution < -0.4 is 0 Å². The second-order valence-electron chi connectivity index (χ2n) is 3.14. The smallest absolute Gasteiger partial charge is 0.180 e. The summed E-state index contributed by atoms with van der Waals surface area (Å²) in [5.74, 6) is 3.08. The summed E-state index contributed by atoms with van der Waals surface area (Å²) in [6.45, 7) is 6.95. The van der Waals surface area contributed by atoms with Crippen molar-refractivity contribution in [2.24, 2.45) is 0 Å². The summed E-state index contributed by atoms with van der Waals surface area (Å²) in [7, 11) is -2.89. The fourth-order valence-electron chi connectivity index (χ4n) is 1.24. The maximum absolute atomic E-state index is 11.8. The van der Waals surface area contributed by atoms with E-state index >= 15 is 0 Å². The molecular weight excluding hydrogens is 239 g/mol. The van der Waals surface area contributed by atoms with E-state index in [4.69, 9.17) is 0 Å². The van der Waals surface area contributed by atoms with Gasteiger partial charge in [0.2, 0.25) is 0 Å². The van der Waals surface area contributed by atoms with Crippen molar-refractivity contribution in [3.63, 3.8) is 0 Å². The van der Waals surface area contributed by atoms with Gasteiger partial charge in [-0.3, -0.25) is 0 Å². The van der Waals surface area contributed by atoms with Crippen LogP contribution in [-0.4, -0.2) is 25.2 Å². The van der Waals surface area contributed by atoms with Gasteiger partial charge in [0.25, 0.3) is 0 Å². The second kappa shape index (κ2) is 4.25. The molecule has 0 radical (unpaired) electrons. The highest BCUT2D eigenvalue weighted by Crippen LogP contribution is 2.63. The minimum atomic E-state index is -2.89. The molecule has 1 aliphatic heterocycles. The highest BCUT2D eigenvalue weighted by Gasteiger charge is 2.32. The van der Waals surface area contributed by atoms with Crippen LogP contribution in [0.2, 0.25) is 0 Å². The Labute approximate surface area is 88.7 Å². The van der Waals surface area contributed by atoms with Crippen molar-refractivity contribution in [3.8, 4) is 0 Å². The Morgan fingerprint density at radius 3 is 2.29 bits per heavy atom. The molecule has 0 aromatic heterocycles. The average molecular weight is 252 g/mol. The van der Waals surface area contributed by atoms with E-state index in [0.29, 0.717) is 6.42 Å². The first kappa shape index (κ1) is 12.1. The summed E-state index contributed by atoms with van der Waals surface area (Å²) < 4.78 is 34.1. The van der Waals surface area contributed by atoms with E-state index in [0.717, 1.165) is 0 Å². The van der Waals surface area contributed by atoms with Gasteiger partial charge in [0, 0.05) is 5.25 Å². The van der Waals surface area contributed by atoms with Crippen LogP contribution in [0.5, 0.6) is 0 Å². The van der Waals surface area contributed by atoms with Gasteiger partial charge >= 0.3 is 0 Å². The fourth-order valence-corrected chi connectivity index (χ4v) is 7.58. The molecule has 6 heteroatoms. The molecule has 0 N–H and O–H groups in total. The van der Waals surface area contributed by atoms with Gasteiger partial charge in [0.05, 0.1) is 11.5 Å². The predicted molar refractivity (Wildman–Crippen MR) is 62.7 cm³/mol. The standard InChI is InChI=1S/C8H13O3PS2/c1-3-12(9,4-2)13-8-5-6-14(10,11)7-8/h3-4,8H,1-2,5-7H2. The summed E-state index contributed by atoms with van der Waals surface area (Å²) in [4.78, 5) is 0. The molecule has 0 spiro atoms. The molecule has 14 heavy (non-hydrogen) atoms. The maximum atomic E-state index is 11.8. The lowest BCUT2D eigenvalue weighted by molar-refractivity contribution is 0.595. The number of rotatable bonds is 4. The van der Waals surface area contributed by atoms with E-state index in [1.807, 2.05) is 0 Å². The zero-order valence-corrected chi connectivity index (χ0v) is 10.3. The highest BCUT2D eigenvalue weighted by molar-refractivity contribution is 8.60. The van der Waals surface area contributed by atoms with Crippen LogP contribution in [0.1, 0.15) is 6.42 Å². The molecule has 1 fully saturated rings. The quantitative estimate of drug-likeness (QED) is 0.721. The molecule has 1 rings (SSSR count). The van der Waals surface area contributed by atoms with E-state index in [9.17, 15) is 13.0 Å². The molecular formula is C8H13O3PS2. The minimum absolute atomic E-state index is 0.0677. The van der Waals surface area contributed by atoms with Crippen molar-refractivity contribution in [1.29, 1.82) is 0 Å². The second-order valence-corrected chi connectivity index (χ2v) is 10.6. The van der Waals surface area contributed by atoms with E-state index in [1.54, 1.807) is 0 Å². The molecule has 1 atom stereocenters. The van der Waals surface area contributed by atoms with Gasteiger partial charge in [-0.1, -0.05) is 24.5 Å². The van der Waals surface area contributed by atoms with Crippen molar-refractivity contribution < 1.29 is 13.0 Å². The van der Waals surface area contributed by atoms with Gasteiger partial charge in [-0.25, -0.2) is 8.42 Å². The molecule has 1 heterocycles. The number of hydrogen-bond acceptors (Lipinski definition) is 4. The van der Waals surface area contributed by atoms with Crippen LogP contribution >= 0.6 is 17.7 Å². The lowest BCUT2D eigenvalue weighted by Crippen LogP contribution is -2.05. The van der Waals surface area contributed by atoms with E-state index in [2.05, 4.69) is 13.2 Å². The SMILES string of the molecule is C=CP(=O)(C=C)SC1CCS(=O)(=O)C1. The summed E-state index contributed by atoms with van der Waals surface area (Å²) >= 11 is 1.20. The van der Waals surface area contributed by atoms with Gasteiger partial charge < -0.3 is 4.57 Å². The van der Waals surface area contributed by atoms with Crippen molar-refractivity contribution in [2.45, 2.75) is 11.7 Å². The zero-order valence-electron chi connectivity index (χ0n) is 7.76. The third-order valence-electron chi connectivity index (χ3n) is 2.01. The Hall–Kier alpha value is 0.01000. The van der Waals surface area contributed by atoms with Crippen LogP contribution in [0, 0.1) is 0 Å². The Bertz CT molecular complexity index is 373. The number of sulfone groups is 1. The monoisotopic (exact) mass is 252 g/mol. The van der Waals surface area contributed by atoms with E-state index in [-0.39, 0.29) is 16.8 Å². The topological polar surface area (TPSA) is 51.2 Å². The average Bonchev–Trinajstić information content (AvgIpc) is 2.45. The molecule has 0 aliphatic carbocycles. The molecule has 0 saturated carbocycles. The van der Waals surface area contributed by atoms with Gasteiger partial charge in [0.1, 0.15) is 0 Å². The van der Waals surface area contributed by atoms with E-state index < -0.39 is 16.2 Å². The van der Waals surface area contributed by atoms with Crippen LogP contribution in [0.3, 0.4) is 0 Å². The van der Waals surface area contributed by atoms with Crippen molar-refractivity contribution in [2.75, 3.05) is 11.5 Å². The lowest BCUT2D eigenvalue weighted by atomic mass is 10.4. The largest absolute Gasteiger partial charge is 0.303 e.